The molecule has 0 unspecified atom stereocenters. The van der Waals surface area contributed by atoms with Gasteiger partial charge in [0.05, 0.1) is 0 Å². The first kappa shape index (κ1) is 13.5. The molecule has 0 fully saturated rings. The van der Waals surface area contributed by atoms with Crippen LogP contribution in [0.3, 0.4) is 0 Å². The Bertz CT molecular complexity index is 629. The maximum absolute atomic E-state index is 11.6. The molecule has 4 nitrogen and oxygen atoms in total. The molecule has 0 spiro atoms. The average molecular weight is 294 g/mol. The summed E-state index contributed by atoms with van der Waals surface area (Å²) >= 11 is 11.5. The number of benzene rings is 1. The molecule has 0 aliphatic rings. The third kappa shape index (κ3) is 4.35. The first-order valence-electron chi connectivity index (χ1n) is 5.36. The monoisotopic (exact) mass is 293 g/mol. The molecule has 0 atom stereocenters. The normalized spacial score (nSPS) is 10.6. The minimum Gasteiger partial charge on any atom is -0.307 e. The van der Waals surface area contributed by atoms with Gasteiger partial charge in [-0.3, -0.25) is 4.79 Å². The Kier molecular flexibility index (Phi) is 4.49. The molecule has 1 N–H and O–H groups in total. The lowest BCUT2D eigenvalue weighted by molar-refractivity contribution is -0.111. The first-order valence-corrected chi connectivity index (χ1v) is 6.11. The van der Waals surface area contributed by atoms with Gasteiger partial charge in [0, 0.05) is 17.2 Å². The third-order valence-electron chi connectivity index (χ3n) is 2.16. The van der Waals surface area contributed by atoms with E-state index >= 15 is 0 Å². The Morgan fingerprint density at radius 2 is 2.05 bits per heavy atom. The van der Waals surface area contributed by atoms with Gasteiger partial charge in [-0.05, 0) is 23.8 Å². The zero-order valence-electron chi connectivity index (χ0n) is 9.68. The quantitative estimate of drug-likeness (QED) is 0.697. The number of nitrogens with one attached hydrogen (secondary N) is 1. The van der Waals surface area contributed by atoms with Crippen LogP contribution in [-0.4, -0.2) is 15.9 Å². The SMILES string of the molecule is O=C(/C=C/c1cccc(Cl)c1)Nc1cc(Cl)ncn1. The van der Waals surface area contributed by atoms with Crippen LogP contribution < -0.4 is 5.32 Å². The Hall–Kier alpha value is -1.91. The Morgan fingerprint density at radius 3 is 2.79 bits per heavy atom. The van der Waals surface area contributed by atoms with E-state index in [1.54, 1.807) is 18.2 Å². The van der Waals surface area contributed by atoms with Gasteiger partial charge in [-0.2, -0.15) is 0 Å². The molecule has 19 heavy (non-hydrogen) atoms. The summed E-state index contributed by atoms with van der Waals surface area (Å²) in [4.78, 5) is 19.2. The number of hydrogen-bond acceptors (Lipinski definition) is 3. The molecule has 0 aliphatic carbocycles. The zero-order valence-corrected chi connectivity index (χ0v) is 11.2. The van der Waals surface area contributed by atoms with E-state index in [9.17, 15) is 4.79 Å². The standard InChI is InChI=1S/C13H9Cl2N3O/c14-10-3-1-2-9(6-10)4-5-13(19)18-12-7-11(15)16-8-17-12/h1-8H,(H,16,17,18,19)/b5-4+. The van der Waals surface area contributed by atoms with E-state index in [0.717, 1.165) is 5.56 Å². The van der Waals surface area contributed by atoms with Gasteiger partial charge in [0.2, 0.25) is 5.91 Å². The second-order valence-electron chi connectivity index (χ2n) is 3.60. The molecule has 0 bridgehead atoms. The van der Waals surface area contributed by atoms with Crippen LogP contribution in [0.15, 0.2) is 42.7 Å². The number of anilines is 1. The molecular weight excluding hydrogens is 285 g/mol. The molecule has 1 aromatic heterocycles. The van der Waals surface area contributed by atoms with Crippen molar-refractivity contribution < 1.29 is 4.79 Å². The lowest BCUT2D eigenvalue weighted by Crippen LogP contribution is -2.09. The number of amides is 1. The van der Waals surface area contributed by atoms with Gasteiger partial charge in [0.25, 0.3) is 0 Å². The molecule has 1 heterocycles. The fraction of sp³-hybridized carbons (Fsp3) is 0. The van der Waals surface area contributed by atoms with E-state index in [1.165, 1.54) is 18.5 Å². The van der Waals surface area contributed by atoms with E-state index in [4.69, 9.17) is 23.2 Å². The minimum absolute atomic E-state index is 0.268. The molecule has 0 aliphatic heterocycles. The Labute approximate surface area is 120 Å². The van der Waals surface area contributed by atoms with Gasteiger partial charge < -0.3 is 5.32 Å². The highest BCUT2D eigenvalue weighted by Crippen LogP contribution is 2.12. The first-order chi connectivity index (χ1) is 9.13. The van der Waals surface area contributed by atoms with E-state index in [-0.39, 0.29) is 11.1 Å². The molecule has 0 saturated heterocycles. The van der Waals surface area contributed by atoms with Gasteiger partial charge >= 0.3 is 0 Å². The zero-order chi connectivity index (χ0) is 13.7. The highest BCUT2D eigenvalue weighted by atomic mass is 35.5. The smallest absolute Gasteiger partial charge is 0.249 e. The largest absolute Gasteiger partial charge is 0.307 e. The lowest BCUT2D eigenvalue weighted by Gasteiger charge is -2.00. The van der Waals surface area contributed by atoms with Crippen LogP contribution in [0.1, 0.15) is 5.56 Å². The van der Waals surface area contributed by atoms with Crippen LogP contribution in [0.4, 0.5) is 5.82 Å². The lowest BCUT2D eigenvalue weighted by atomic mass is 10.2. The van der Waals surface area contributed by atoms with Gasteiger partial charge in [-0.1, -0.05) is 35.3 Å². The summed E-state index contributed by atoms with van der Waals surface area (Å²) in [7, 11) is 0. The van der Waals surface area contributed by atoms with E-state index < -0.39 is 0 Å². The van der Waals surface area contributed by atoms with E-state index in [1.807, 2.05) is 12.1 Å². The number of carbonyl (C=O) groups is 1. The predicted octanol–water partition coefficient (Wildman–Crippen LogP) is 3.44. The highest BCUT2D eigenvalue weighted by Gasteiger charge is 2.00. The van der Waals surface area contributed by atoms with Crippen LogP contribution in [0, 0.1) is 0 Å². The number of rotatable bonds is 3. The van der Waals surface area contributed by atoms with Crippen molar-refractivity contribution >= 4 is 41.0 Å². The molecule has 1 aromatic carbocycles. The van der Waals surface area contributed by atoms with Crippen molar-refractivity contribution in [2.24, 2.45) is 0 Å². The fourth-order valence-electron chi connectivity index (χ4n) is 1.35. The van der Waals surface area contributed by atoms with Crippen molar-refractivity contribution in [3.05, 3.63) is 58.5 Å². The summed E-state index contributed by atoms with van der Waals surface area (Å²) in [5, 5.41) is 3.46. The molecule has 2 aromatic rings. The van der Waals surface area contributed by atoms with Crippen LogP contribution in [-0.2, 0) is 4.79 Å². The van der Waals surface area contributed by atoms with Crippen molar-refractivity contribution in [2.75, 3.05) is 5.32 Å². The summed E-state index contributed by atoms with van der Waals surface area (Å²) in [6.07, 6.45) is 4.32. The van der Waals surface area contributed by atoms with Gasteiger partial charge in [0.1, 0.15) is 17.3 Å². The summed E-state index contributed by atoms with van der Waals surface area (Å²) in [5.74, 6) is 0.0375. The minimum atomic E-state index is -0.310. The molecule has 2 rings (SSSR count). The summed E-state index contributed by atoms with van der Waals surface area (Å²) in [6, 6.07) is 8.64. The predicted molar refractivity (Wildman–Crippen MR) is 76.2 cm³/mol. The van der Waals surface area contributed by atoms with E-state index in [0.29, 0.717) is 10.8 Å². The Morgan fingerprint density at radius 1 is 1.21 bits per heavy atom. The van der Waals surface area contributed by atoms with E-state index in [2.05, 4.69) is 15.3 Å². The number of nitrogens with zero attached hydrogens (tertiary/aromatic N) is 2. The molecule has 96 valence electrons. The second kappa shape index (κ2) is 6.31. The van der Waals surface area contributed by atoms with Crippen LogP contribution in [0.2, 0.25) is 10.2 Å². The van der Waals surface area contributed by atoms with Gasteiger partial charge in [-0.15, -0.1) is 0 Å². The van der Waals surface area contributed by atoms with Crippen molar-refractivity contribution in [1.82, 2.24) is 9.97 Å². The molecule has 1 amide bonds. The molecule has 6 heteroatoms. The number of aromatic nitrogens is 2. The molecular formula is C13H9Cl2N3O. The van der Waals surface area contributed by atoms with Crippen LogP contribution >= 0.6 is 23.2 Å². The number of hydrogen-bond donors (Lipinski definition) is 1. The third-order valence-corrected chi connectivity index (χ3v) is 2.60. The number of halogens is 2. The Balaban J connectivity index is 2.01. The fourth-order valence-corrected chi connectivity index (χ4v) is 1.70. The van der Waals surface area contributed by atoms with Crippen LogP contribution in [0.25, 0.3) is 6.08 Å². The summed E-state index contributed by atoms with van der Waals surface area (Å²) < 4.78 is 0. The van der Waals surface area contributed by atoms with Crippen molar-refractivity contribution in [1.29, 1.82) is 0 Å². The topological polar surface area (TPSA) is 54.9 Å². The van der Waals surface area contributed by atoms with Crippen molar-refractivity contribution in [3.8, 4) is 0 Å². The summed E-state index contributed by atoms with van der Waals surface area (Å²) in [5.41, 5.74) is 0.836. The second-order valence-corrected chi connectivity index (χ2v) is 4.43. The highest BCUT2D eigenvalue weighted by molar-refractivity contribution is 6.30. The average Bonchev–Trinajstić information content (AvgIpc) is 2.36. The van der Waals surface area contributed by atoms with Gasteiger partial charge in [0.15, 0.2) is 0 Å². The molecule has 0 radical (unpaired) electrons. The molecule has 0 saturated carbocycles. The van der Waals surface area contributed by atoms with Crippen LogP contribution in [0.5, 0.6) is 0 Å². The van der Waals surface area contributed by atoms with Crippen molar-refractivity contribution in [2.45, 2.75) is 0 Å². The number of carbonyl (C=O) groups excluding carboxylic acids is 1. The van der Waals surface area contributed by atoms with Crippen molar-refractivity contribution in [3.63, 3.8) is 0 Å². The summed E-state index contributed by atoms with van der Waals surface area (Å²) in [6.45, 7) is 0. The van der Waals surface area contributed by atoms with Gasteiger partial charge in [-0.25, -0.2) is 9.97 Å². The maximum Gasteiger partial charge on any atom is 0.249 e. The maximum atomic E-state index is 11.6.